The van der Waals surface area contributed by atoms with Gasteiger partial charge in [0.05, 0.1) is 24.9 Å². The predicted octanol–water partition coefficient (Wildman–Crippen LogP) is 3.35. The SMILES string of the molecule is C=C(C(=O)OC)C(C)(OC1CCCC1)OC1CCCC1. The molecule has 4 heteroatoms. The van der Waals surface area contributed by atoms with Crippen molar-refractivity contribution in [1.82, 2.24) is 0 Å². The second-order valence-corrected chi connectivity index (χ2v) is 5.96. The molecule has 0 atom stereocenters. The van der Waals surface area contributed by atoms with E-state index in [4.69, 9.17) is 14.2 Å². The molecule has 0 spiro atoms. The van der Waals surface area contributed by atoms with E-state index >= 15 is 0 Å². The van der Waals surface area contributed by atoms with Gasteiger partial charge in [0, 0.05) is 0 Å². The largest absolute Gasteiger partial charge is 0.466 e. The molecular weight excluding hydrogens is 256 g/mol. The number of carbonyl (C=O) groups is 1. The first-order valence-corrected chi connectivity index (χ1v) is 7.68. The van der Waals surface area contributed by atoms with Crippen LogP contribution in [0.2, 0.25) is 0 Å². The summed E-state index contributed by atoms with van der Waals surface area (Å²) in [6.45, 7) is 5.67. The molecule has 20 heavy (non-hydrogen) atoms. The van der Waals surface area contributed by atoms with Crippen LogP contribution in [0.4, 0.5) is 0 Å². The Hall–Kier alpha value is -0.870. The highest BCUT2D eigenvalue weighted by molar-refractivity contribution is 5.89. The summed E-state index contributed by atoms with van der Waals surface area (Å²) in [6.07, 6.45) is 9.12. The fraction of sp³-hybridized carbons (Fsp3) is 0.812. The van der Waals surface area contributed by atoms with Gasteiger partial charge in [0.2, 0.25) is 0 Å². The van der Waals surface area contributed by atoms with Crippen molar-refractivity contribution >= 4 is 5.97 Å². The third kappa shape index (κ3) is 3.61. The van der Waals surface area contributed by atoms with Crippen LogP contribution in [-0.4, -0.2) is 31.1 Å². The maximum absolute atomic E-state index is 11.8. The highest BCUT2D eigenvalue weighted by Gasteiger charge is 2.40. The van der Waals surface area contributed by atoms with Gasteiger partial charge in [-0.25, -0.2) is 4.79 Å². The average molecular weight is 282 g/mol. The van der Waals surface area contributed by atoms with E-state index in [1.165, 1.54) is 32.8 Å². The lowest BCUT2D eigenvalue weighted by Crippen LogP contribution is -2.43. The molecule has 0 aliphatic heterocycles. The highest BCUT2D eigenvalue weighted by Crippen LogP contribution is 2.35. The first kappa shape index (κ1) is 15.5. The van der Waals surface area contributed by atoms with Crippen molar-refractivity contribution in [3.05, 3.63) is 12.2 Å². The van der Waals surface area contributed by atoms with E-state index in [0.717, 1.165) is 25.7 Å². The van der Waals surface area contributed by atoms with Crippen LogP contribution < -0.4 is 0 Å². The molecule has 0 aromatic rings. The third-order valence-electron chi connectivity index (χ3n) is 4.37. The fourth-order valence-corrected chi connectivity index (χ4v) is 3.13. The lowest BCUT2D eigenvalue weighted by atomic mass is 10.1. The molecule has 0 unspecified atom stereocenters. The summed E-state index contributed by atoms with van der Waals surface area (Å²) < 4.78 is 17.0. The van der Waals surface area contributed by atoms with Gasteiger partial charge in [0.25, 0.3) is 0 Å². The molecule has 2 fully saturated rings. The summed E-state index contributed by atoms with van der Waals surface area (Å²) in [5, 5.41) is 0. The van der Waals surface area contributed by atoms with E-state index in [1.807, 2.05) is 6.92 Å². The zero-order valence-electron chi connectivity index (χ0n) is 12.7. The third-order valence-corrected chi connectivity index (χ3v) is 4.37. The van der Waals surface area contributed by atoms with Gasteiger partial charge in [0.1, 0.15) is 0 Å². The molecule has 114 valence electrons. The molecule has 0 bridgehead atoms. The first-order chi connectivity index (χ1) is 9.55. The molecule has 0 amide bonds. The first-order valence-electron chi connectivity index (χ1n) is 7.68. The average Bonchev–Trinajstić information content (AvgIpc) is 3.10. The maximum Gasteiger partial charge on any atom is 0.338 e. The lowest BCUT2D eigenvalue weighted by molar-refractivity contribution is -0.244. The van der Waals surface area contributed by atoms with Crippen molar-refractivity contribution in [3.8, 4) is 0 Å². The Kier molecular flexibility index (Phi) is 5.22. The summed E-state index contributed by atoms with van der Waals surface area (Å²) in [6, 6.07) is 0. The van der Waals surface area contributed by atoms with E-state index in [2.05, 4.69) is 6.58 Å². The number of rotatable bonds is 6. The summed E-state index contributed by atoms with van der Waals surface area (Å²) in [5.74, 6) is -1.51. The minimum atomic E-state index is -1.06. The van der Waals surface area contributed by atoms with E-state index in [-0.39, 0.29) is 17.8 Å². The summed E-state index contributed by atoms with van der Waals surface area (Å²) in [4.78, 5) is 11.8. The van der Waals surface area contributed by atoms with Crippen LogP contribution in [0.1, 0.15) is 58.3 Å². The van der Waals surface area contributed by atoms with Gasteiger partial charge in [-0.2, -0.15) is 0 Å². The van der Waals surface area contributed by atoms with Crippen molar-refractivity contribution in [2.75, 3.05) is 7.11 Å². The summed E-state index contributed by atoms with van der Waals surface area (Å²) in [7, 11) is 1.36. The topological polar surface area (TPSA) is 44.8 Å². The van der Waals surface area contributed by atoms with Gasteiger partial charge >= 0.3 is 5.97 Å². The molecule has 0 aromatic heterocycles. The minimum Gasteiger partial charge on any atom is -0.466 e. The molecule has 0 radical (unpaired) electrons. The second kappa shape index (κ2) is 6.72. The van der Waals surface area contributed by atoms with Crippen molar-refractivity contribution in [3.63, 3.8) is 0 Å². The number of ether oxygens (including phenoxy) is 3. The van der Waals surface area contributed by atoms with Gasteiger partial charge in [0.15, 0.2) is 5.79 Å². The van der Waals surface area contributed by atoms with Crippen molar-refractivity contribution in [2.24, 2.45) is 0 Å². The van der Waals surface area contributed by atoms with Crippen molar-refractivity contribution in [2.45, 2.75) is 76.3 Å². The normalized spacial score (nSPS) is 21.3. The lowest BCUT2D eigenvalue weighted by Gasteiger charge is -2.35. The molecule has 2 rings (SSSR count). The van der Waals surface area contributed by atoms with E-state index in [9.17, 15) is 4.79 Å². The summed E-state index contributed by atoms with van der Waals surface area (Å²) in [5.41, 5.74) is 0.263. The Bertz CT molecular complexity index is 333. The van der Waals surface area contributed by atoms with Crippen LogP contribution in [0, 0.1) is 0 Å². The number of carbonyl (C=O) groups excluding carboxylic acids is 1. The molecule has 4 nitrogen and oxygen atoms in total. The molecule has 0 aromatic carbocycles. The quantitative estimate of drug-likeness (QED) is 0.426. The molecule has 0 saturated heterocycles. The highest BCUT2D eigenvalue weighted by atomic mass is 16.7. The second-order valence-electron chi connectivity index (χ2n) is 5.96. The van der Waals surface area contributed by atoms with Crippen LogP contribution in [0.15, 0.2) is 12.2 Å². The monoisotopic (exact) mass is 282 g/mol. The number of hydrogen-bond donors (Lipinski definition) is 0. The maximum atomic E-state index is 11.8. The van der Waals surface area contributed by atoms with Crippen LogP contribution in [0.5, 0.6) is 0 Å². The van der Waals surface area contributed by atoms with E-state index in [1.54, 1.807) is 0 Å². The number of esters is 1. The summed E-state index contributed by atoms with van der Waals surface area (Å²) >= 11 is 0. The number of methoxy groups -OCH3 is 1. The van der Waals surface area contributed by atoms with Gasteiger partial charge in [-0.1, -0.05) is 32.3 Å². The van der Waals surface area contributed by atoms with Gasteiger partial charge in [-0.05, 0) is 32.6 Å². The predicted molar refractivity (Wildman–Crippen MR) is 76.2 cm³/mol. The van der Waals surface area contributed by atoms with Crippen molar-refractivity contribution < 1.29 is 19.0 Å². The smallest absolute Gasteiger partial charge is 0.338 e. The van der Waals surface area contributed by atoms with Crippen LogP contribution in [0.25, 0.3) is 0 Å². The Balaban J connectivity index is 2.07. The zero-order chi connectivity index (χ0) is 14.6. The van der Waals surface area contributed by atoms with Gasteiger partial charge in [-0.15, -0.1) is 0 Å². The molecule has 0 heterocycles. The van der Waals surface area contributed by atoms with E-state index < -0.39 is 11.8 Å². The van der Waals surface area contributed by atoms with Gasteiger partial charge < -0.3 is 14.2 Å². The van der Waals surface area contributed by atoms with Crippen LogP contribution in [0.3, 0.4) is 0 Å². The molecule has 2 aliphatic carbocycles. The van der Waals surface area contributed by atoms with Crippen molar-refractivity contribution in [1.29, 1.82) is 0 Å². The van der Waals surface area contributed by atoms with Crippen LogP contribution in [-0.2, 0) is 19.0 Å². The fourth-order valence-electron chi connectivity index (χ4n) is 3.13. The molecule has 2 saturated carbocycles. The molecule has 0 N–H and O–H groups in total. The van der Waals surface area contributed by atoms with Crippen LogP contribution >= 0.6 is 0 Å². The molecular formula is C16H26O4. The Morgan fingerprint density at radius 1 is 1.00 bits per heavy atom. The standard InChI is InChI=1S/C16H26O4/c1-12(15(17)18-3)16(2,19-13-8-4-5-9-13)20-14-10-6-7-11-14/h13-14H,1,4-11H2,2-3H3. The Morgan fingerprint density at radius 3 is 1.75 bits per heavy atom. The minimum absolute atomic E-state index is 0.155. The number of hydrogen-bond acceptors (Lipinski definition) is 4. The van der Waals surface area contributed by atoms with Gasteiger partial charge in [-0.3, -0.25) is 0 Å². The zero-order valence-corrected chi connectivity index (χ0v) is 12.7. The molecule has 2 aliphatic rings. The Morgan fingerprint density at radius 2 is 1.40 bits per heavy atom. The van der Waals surface area contributed by atoms with E-state index in [0.29, 0.717) is 0 Å². The Labute approximate surface area is 121 Å².